The summed E-state index contributed by atoms with van der Waals surface area (Å²) in [5, 5.41) is 10.8. The van der Waals surface area contributed by atoms with Crippen molar-refractivity contribution < 1.29 is 23.8 Å². The van der Waals surface area contributed by atoms with Crippen LogP contribution in [0.15, 0.2) is 24.3 Å². The molecule has 6 nitrogen and oxygen atoms in total. The van der Waals surface area contributed by atoms with E-state index in [1.807, 2.05) is 0 Å². The van der Waals surface area contributed by atoms with E-state index in [1.54, 1.807) is 0 Å². The number of hydrogen-bond acceptors (Lipinski definition) is 4. The monoisotopic (exact) mass is 376 g/mol. The lowest BCUT2D eigenvalue weighted by molar-refractivity contribution is -0.169. The lowest BCUT2D eigenvalue weighted by Gasteiger charge is -2.60. The zero-order chi connectivity index (χ0) is 19.1. The second kappa shape index (κ2) is 6.78. The molecule has 0 heterocycles. The molecule has 4 saturated carbocycles. The molecular formula is C20H25FN2O4. The van der Waals surface area contributed by atoms with Crippen LogP contribution < -0.4 is 15.6 Å². The summed E-state index contributed by atoms with van der Waals surface area (Å²) in [6.07, 6.45) is 5.88. The van der Waals surface area contributed by atoms with Crippen molar-refractivity contribution in [3.8, 4) is 5.75 Å². The number of carbonyl (C=O) groups excluding carboxylic acids is 2. The number of carbonyl (C=O) groups is 2. The highest BCUT2D eigenvalue weighted by molar-refractivity contribution is 5.83. The lowest BCUT2D eigenvalue weighted by Crippen LogP contribution is -2.57. The van der Waals surface area contributed by atoms with Gasteiger partial charge >= 0.3 is 0 Å². The Hall–Kier alpha value is -2.15. The largest absolute Gasteiger partial charge is 0.484 e. The Labute approximate surface area is 157 Å². The fraction of sp³-hybridized carbons (Fsp3) is 0.600. The summed E-state index contributed by atoms with van der Waals surface area (Å²) in [6.45, 7) is -0.277. The fourth-order valence-electron chi connectivity index (χ4n) is 5.85. The molecule has 0 radical (unpaired) electrons. The second-order valence-electron chi connectivity index (χ2n) is 8.70. The van der Waals surface area contributed by atoms with E-state index < -0.39 is 11.5 Å². The van der Waals surface area contributed by atoms with Gasteiger partial charge < -0.3 is 9.84 Å². The van der Waals surface area contributed by atoms with Crippen molar-refractivity contribution in [3.63, 3.8) is 0 Å². The maximum absolute atomic E-state index is 12.8. The predicted octanol–water partition coefficient (Wildman–Crippen LogP) is 2.07. The Morgan fingerprint density at radius 1 is 1.07 bits per heavy atom. The van der Waals surface area contributed by atoms with Crippen molar-refractivity contribution in [2.45, 2.75) is 50.5 Å². The van der Waals surface area contributed by atoms with Crippen LogP contribution in [0.25, 0.3) is 0 Å². The zero-order valence-electron chi connectivity index (χ0n) is 15.2. The van der Waals surface area contributed by atoms with Crippen LogP contribution in [0.2, 0.25) is 0 Å². The van der Waals surface area contributed by atoms with E-state index in [2.05, 4.69) is 10.9 Å². The van der Waals surface area contributed by atoms with Crippen molar-refractivity contribution in [2.75, 3.05) is 6.61 Å². The van der Waals surface area contributed by atoms with Gasteiger partial charge in [-0.3, -0.25) is 20.4 Å². The van der Waals surface area contributed by atoms with Crippen molar-refractivity contribution >= 4 is 11.8 Å². The van der Waals surface area contributed by atoms with Crippen LogP contribution in [0.1, 0.15) is 44.9 Å². The first-order chi connectivity index (χ1) is 12.8. The molecule has 146 valence electrons. The Balaban J connectivity index is 1.24. The molecule has 7 heteroatoms. The number of nitrogens with one attached hydrogen (secondary N) is 2. The number of aliphatic hydroxyl groups is 1. The number of hydrazine groups is 1. The van der Waals surface area contributed by atoms with E-state index in [1.165, 1.54) is 30.7 Å². The standard InChI is InChI=1S/C20H25FN2O4/c21-15-1-3-16(4-2-15)27-11-18(25)23-22-17(24)10-19-6-13-5-14(7-19)9-20(26,8-13)12-19/h1-4,13-14,26H,5-12H2,(H,22,24)(H,23,25)/t13-,14+,19?,20?. The number of halogens is 1. The maximum atomic E-state index is 12.8. The average molecular weight is 376 g/mol. The first-order valence-corrected chi connectivity index (χ1v) is 9.52. The Kier molecular flexibility index (Phi) is 4.58. The topological polar surface area (TPSA) is 87.7 Å². The van der Waals surface area contributed by atoms with Gasteiger partial charge in [-0.05, 0) is 80.0 Å². The normalized spacial score (nSPS) is 33.6. The van der Waals surface area contributed by atoms with Gasteiger partial charge in [0.15, 0.2) is 6.61 Å². The molecule has 1 aromatic rings. The predicted molar refractivity (Wildman–Crippen MR) is 94.9 cm³/mol. The Bertz CT molecular complexity index is 722. The number of benzene rings is 1. The minimum atomic E-state index is -0.601. The molecule has 1 aromatic carbocycles. The maximum Gasteiger partial charge on any atom is 0.276 e. The van der Waals surface area contributed by atoms with Crippen molar-refractivity contribution in [3.05, 3.63) is 30.1 Å². The third-order valence-electron chi connectivity index (χ3n) is 6.21. The summed E-state index contributed by atoms with van der Waals surface area (Å²) in [5.41, 5.74) is 4.07. The first kappa shape index (κ1) is 18.2. The van der Waals surface area contributed by atoms with Gasteiger partial charge in [0.1, 0.15) is 11.6 Å². The summed E-state index contributed by atoms with van der Waals surface area (Å²) in [6, 6.07) is 5.35. The van der Waals surface area contributed by atoms with E-state index >= 15 is 0 Å². The third-order valence-corrected chi connectivity index (χ3v) is 6.21. The van der Waals surface area contributed by atoms with Gasteiger partial charge in [0.25, 0.3) is 5.91 Å². The number of rotatable bonds is 5. The highest BCUT2D eigenvalue weighted by Gasteiger charge is 2.57. The van der Waals surface area contributed by atoms with Gasteiger partial charge in [-0.1, -0.05) is 0 Å². The molecule has 4 atom stereocenters. The zero-order valence-corrected chi connectivity index (χ0v) is 15.2. The Morgan fingerprint density at radius 2 is 1.70 bits per heavy atom. The van der Waals surface area contributed by atoms with Crippen LogP contribution in [-0.2, 0) is 9.59 Å². The highest BCUT2D eigenvalue weighted by Crippen LogP contribution is 2.62. The van der Waals surface area contributed by atoms with Gasteiger partial charge in [0.05, 0.1) is 5.60 Å². The summed E-state index contributed by atoms with van der Waals surface area (Å²) in [7, 11) is 0. The van der Waals surface area contributed by atoms with Gasteiger partial charge in [0.2, 0.25) is 5.91 Å². The van der Waals surface area contributed by atoms with Crippen LogP contribution in [0.4, 0.5) is 4.39 Å². The molecule has 0 saturated heterocycles. The van der Waals surface area contributed by atoms with Crippen molar-refractivity contribution in [1.82, 2.24) is 10.9 Å². The van der Waals surface area contributed by atoms with E-state index in [0.29, 0.717) is 30.4 Å². The number of hydrogen-bond donors (Lipinski definition) is 3. The molecule has 4 fully saturated rings. The van der Waals surface area contributed by atoms with E-state index in [0.717, 1.165) is 25.7 Å². The van der Waals surface area contributed by atoms with Gasteiger partial charge in [-0.15, -0.1) is 0 Å². The second-order valence-corrected chi connectivity index (χ2v) is 8.70. The van der Waals surface area contributed by atoms with Crippen LogP contribution in [0.3, 0.4) is 0 Å². The molecule has 2 unspecified atom stereocenters. The van der Waals surface area contributed by atoms with Crippen molar-refractivity contribution in [2.24, 2.45) is 17.3 Å². The molecule has 3 N–H and O–H groups in total. The molecular weight excluding hydrogens is 351 g/mol. The lowest BCUT2D eigenvalue weighted by atomic mass is 9.47. The van der Waals surface area contributed by atoms with Gasteiger partial charge in [-0.25, -0.2) is 4.39 Å². The number of ether oxygens (including phenoxy) is 1. The van der Waals surface area contributed by atoms with Gasteiger partial charge in [-0.2, -0.15) is 0 Å². The smallest absolute Gasteiger partial charge is 0.276 e. The Morgan fingerprint density at radius 3 is 2.33 bits per heavy atom. The molecule has 2 amide bonds. The fourth-order valence-corrected chi connectivity index (χ4v) is 5.85. The van der Waals surface area contributed by atoms with Crippen LogP contribution in [0.5, 0.6) is 5.75 Å². The highest BCUT2D eigenvalue weighted by atomic mass is 19.1. The summed E-state index contributed by atoms with van der Waals surface area (Å²) in [4.78, 5) is 24.2. The van der Waals surface area contributed by atoms with Crippen molar-refractivity contribution in [1.29, 1.82) is 0 Å². The molecule has 5 rings (SSSR count). The summed E-state index contributed by atoms with van der Waals surface area (Å²) in [5.74, 6) is 0.297. The van der Waals surface area contributed by atoms with Crippen LogP contribution >= 0.6 is 0 Å². The van der Waals surface area contributed by atoms with E-state index in [9.17, 15) is 19.1 Å². The molecule has 0 spiro atoms. The van der Waals surface area contributed by atoms with Crippen LogP contribution in [-0.4, -0.2) is 29.1 Å². The minimum Gasteiger partial charge on any atom is -0.484 e. The first-order valence-electron chi connectivity index (χ1n) is 9.52. The molecule has 4 bridgehead atoms. The third kappa shape index (κ3) is 4.08. The summed E-state index contributed by atoms with van der Waals surface area (Å²) < 4.78 is 18.1. The van der Waals surface area contributed by atoms with Gasteiger partial charge in [0, 0.05) is 6.42 Å². The molecule has 0 aromatic heterocycles. The SMILES string of the molecule is O=C(COc1ccc(F)cc1)NNC(=O)CC12C[C@@H]3C[C@@H](CC(O)(C3)C1)C2. The molecule has 0 aliphatic heterocycles. The molecule has 27 heavy (non-hydrogen) atoms. The number of amides is 2. The van der Waals surface area contributed by atoms with Crippen LogP contribution in [0, 0.1) is 23.1 Å². The van der Waals surface area contributed by atoms with E-state index in [4.69, 9.17) is 4.74 Å². The molecule has 4 aliphatic rings. The summed E-state index contributed by atoms with van der Waals surface area (Å²) >= 11 is 0. The average Bonchev–Trinajstić information content (AvgIpc) is 2.57. The molecule has 4 aliphatic carbocycles. The quantitative estimate of drug-likeness (QED) is 0.687. The van der Waals surface area contributed by atoms with E-state index in [-0.39, 0.29) is 23.7 Å². The minimum absolute atomic E-state index is 0.141.